The van der Waals surface area contributed by atoms with Gasteiger partial charge >= 0.3 is 0 Å². The van der Waals surface area contributed by atoms with E-state index in [9.17, 15) is 4.79 Å². The molecule has 3 rings (SSSR count). The first-order valence-corrected chi connectivity index (χ1v) is 7.44. The topological polar surface area (TPSA) is 45.8 Å². The molecular weight excluding hydrogens is 272 g/mol. The summed E-state index contributed by atoms with van der Waals surface area (Å²) in [4.78, 5) is 19.3. The molecule has 1 heterocycles. The normalized spacial score (nSPS) is 15.7. The Morgan fingerprint density at radius 3 is 2.75 bits per heavy atom. The second-order valence-electron chi connectivity index (χ2n) is 5.37. The summed E-state index contributed by atoms with van der Waals surface area (Å²) in [5, 5.41) is 0.710. The van der Waals surface area contributed by atoms with Gasteiger partial charge < -0.3 is 4.98 Å². The van der Waals surface area contributed by atoms with Gasteiger partial charge in [-0.05, 0) is 24.5 Å². The van der Waals surface area contributed by atoms with Gasteiger partial charge in [-0.2, -0.15) is 0 Å². The first-order valence-electron chi connectivity index (χ1n) is 7.06. The quantitative estimate of drug-likeness (QED) is 0.936. The maximum Gasteiger partial charge on any atom is 0.251 e. The van der Waals surface area contributed by atoms with E-state index in [0.29, 0.717) is 23.2 Å². The molecule has 1 saturated carbocycles. The Bertz CT molecular complexity index is 660. The molecule has 1 aliphatic carbocycles. The molecule has 0 spiro atoms. The Hall–Kier alpha value is -1.61. The summed E-state index contributed by atoms with van der Waals surface area (Å²) < 4.78 is 0. The number of halogens is 1. The number of aromatic nitrogens is 2. The van der Waals surface area contributed by atoms with Gasteiger partial charge in [-0.1, -0.05) is 42.6 Å². The molecule has 1 N–H and O–H groups in total. The van der Waals surface area contributed by atoms with Crippen molar-refractivity contribution in [3.63, 3.8) is 0 Å². The van der Waals surface area contributed by atoms with Crippen molar-refractivity contribution < 1.29 is 0 Å². The van der Waals surface area contributed by atoms with Crippen LogP contribution in [0, 0.1) is 0 Å². The van der Waals surface area contributed by atoms with E-state index < -0.39 is 0 Å². The fraction of sp³-hybridized carbons (Fsp3) is 0.375. The summed E-state index contributed by atoms with van der Waals surface area (Å²) >= 11 is 6.16. The van der Waals surface area contributed by atoms with Crippen molar-refractivity contribution in [3.8, 4) is 0 Å². The molecule has 1 aromatic heterocycles. The molecular formula is C16H17ClN2O. The van der Waals surface area contributed by atoms with Gasteiger partial charge in [0.2, 0.25) is 0 Å². The van der Waals surface area contributed by atoms with Crippen LogP contribution in [0.2, 0.25) is 5.02 Å². The predicted molar refractivity (Wildman–Crippen MR) is 80.3 cm³/mol. The summed E-state index contributed by atoms with van der Waals surface area (Å²) in [7, 11) is 0. The fourth-order valence-electron chi connectivity index (χ4n) is 2.87. The van der Waals surface area contributed by atoms with Crippen molar-refractivity contribution in [1.29, 1.82) is 0 Å². The summed E-state index contributed by atoms with van der Waals surface area (Å²) in [5.74, 6) is 1.15. The molecule has 0 unspecified atom stereocenters. The standard InChI is InChI=1S/C16H17ClN2O/c17-13-8-4-3-7-12(13)9-15-18-14(10-16(20)19-15)11-5-1-2-6-11/h3-4,7-8,10-11H,1-2,5-6,9H2,(H,18,19,20). The molecule has 0 radical (unpaired) electrons. The Morgan fingerprint density at radius 2 is 2.00 bits per heavy atom. The summed E-state index contributed by atoms with van der Waals surface area (Å²) in [6.45, 7) is 0. The van der Waals surface area contributed by atoms with E-state index in [1.54, 1.807) is 6.07 Å². The van der Waals surface area contributed by atoms with Crippen molar-refractivity contribution >= 4 is 11.6 Å². The molecule has 0 atom stereocenters. The number of benzene rings is 1. The lowest BCUT2D eigenvalue weighted by molar-refractivity contribution is 0.683. The van der Waals surface area contributed by atoms with Crippen LogP contribution in [0.5, 0.6) is 0 Å². The van der Waals surface area contributed by atoms with Crippen LogP contribution in [-0.2, 0) is 6.42 Å². The maximum absolute atomic E-state index is 11.8. The number of nitrogens with one attached hydrogen (secondary N) is 1. The Morgan fingerprint density at radius 1 is 1.25 bits per heavy atom. The van der Waals surface area contributed by atoms with Gasteiger partial charge in [0.05, 0.1) is 5.69 Å². The molecule has 0 saturated heterocycles. The first-order chi connectivity index (χ1) is 9.72. The number of rotatable bonds is 3. The third kappa shape index (κ3) is 2.93. The van der Waals surface area contributed by atoms with E-state index in [4.69, 9.17) is 11.6 Å². The monoisotopic (exact) mass is 288 g/mol. The highest BCUT2D eigenvalue weighted by Gasteiger charge is 2.19. The van der Waals surface area contributed by atoms with E-state index in [0.717, 1.165) is 24.1 Å². The molecule has 0 amide bonds. The van der Waals surface area contributed by atoms with Crippen LogP contribution in [-0.4, -0.2) is 9.97 Å². The minimum Gasteiger partial charge on any atom is -0.310 e. The lowest BCUT2D eigenvalue weighted by atomic mass is 10.0. The van der Waals surface area contributed by atoms with Gasteiger partial charge in [0, 0.05) is 23.4 Å². The average molecular weight is 289 g/mol. The third-order valence-corrected chi connectivity index (χ3v) is 4.27. The number of H-pyrrole nitrogens is 1. The van der Waals surface area contributed by atoms with Crippen molar-refractivity contribution in [2.24, 2.45) is 0 Å². The zero-order valence-corrected chi connectivity index (χ0v) is 12.0. The molecule has 104 valence electrons. The second kappa shape index (κ2) is 5.80. The molecule has 1 aliphatic rings. The molecule has 4 heteroatoms. The van der Waals surface area contributed by atoms with Gasteiger partial charge in [-0.3, -0.25) is 4.79 Å². The lowest BCUT2D eigenvalue weighted by Gasteiger charge is -2.10. The minimum atomic E-state index is -0.0658. The number of hydrogen-bond acceptors (Lipinski definition) is 2. The Labute approximate surface area is 123 Å². The van der Waals surface area contributed by atoms with Crippen LogP contribution >= 0.6 is 11.6 Å². The van der Waals surface area contributed by atoms with Crippen LogP contribution in [0.1, 0.15) is 48.7 Å². The van der Waals surface area contributed by atoms with Crippen LogP contribution in [0.25, 0.3) is 0 Å². The van der Waals surface area contributed by atoms with Crippen LogP contribution in [0.3, 0.4) is 0 Å². The summed E-state index contributed by atoms with van der Waals surface area (Å²) in [6, 6.07) is 9.31. The summed E-state index contributed by atoms with van der Waals surface area (Å²) in [6.07, 6.45) is 5.32. The maximum atomic E-state index is 11.8. The molecule has 2 aromatic rings. The smallest absolute Gasteiger partial charge is 0.251 e. The highest BCUT2D eigenvalue weighted by atomic mass is 35.5. The fourth-order valence-corrected chi connectivity index (χ4v) is 3.07. The van der Waals surface area contributed by atoms with E-state index in [1.165, 1.54) is 12.8 Å². The van der Waals surface area contributed by atoms with Gasteiger partial charge in [0.1, 0.15) is 5.82 Å². The second-order valence-corrected chi connectivity index (χ2v) is 5.77. The van der Waals surface area contributed by atoms with Crippen molar-refractivity contribution in [1.82, 2.24) is 9.97 Å². The average Bonchev–Trinajstić information content (AvgIpc) is 2.95. The third-order valence-electron chi connectivity index (χ3n) is 3.90. The molecule has 1 aromatic carbocycles. The highest BCUT2D eigenvalue weighted by molar-refractivity contribution is 6.31. The molecule has 0 bridgehead atoms. The SMILES string of the molecule is O=c1cc(C2CCCC2)nc(Cc2ccccc2Cl)[nH]1. The zero-order valence-electron chi connectivity index (χ0n) is 11.2. The Kier molecular flexibility index (Phi) is 3.88. The predicted octanol–water partition coefficient (Wildman–Crippen LogP) is 3.67. The van der Waals surface area contributed by atoms with Gasteiger partial charge in [0.25, 0.3) is 5.56 Å². The number of nitrogens with zero attached hydrogens (tertiary/aromatic N) is 1. The van der Waals surface area contributed by atoms with Crippen molar-refractivity contribution in [2.75, 3.05) is 0 Å². The zero-order chi connectivity index (χ0) is 13.9. The van der Waals surface area contributed by atoms with Gasteiger partial charge in [-0.25, -0.2) is 4.98 Å². The van der Waals surface area contributed by atoms with Gasteiger partial charge in [-0.15, -0.1) is 0 Å². The van der Waals surface area contributed by atoms with Gasteiger partial charge in [0.15, 0.2) is 0 Å². The van der Waals surface area contributed by atoms with Crippen LogP contribution in [0.15, 0.2) is 35.1 Å². The van der Waals surface area contributed by atoms with Crippen molar-refractivity contribution in [2.45, 2.75) is 38.0 Å². The lowest BCUT2D eigenvalue weighted by Crippen LogP contribution is -2.14. The van der Waals surface area contributed by atoms with E-state index in [1.807, 2.05) is 24.3 Å². The molecule has 1 fully saturated rings. The van der Waals surface area contributed by atoms with E-state index in [2.05, 4.69) is 9.97 Å². The molecule has 3 nitrogen and oxygen atoms in total. The molecule has 0 aliphatic heterocycles. The minimum absolute atomic E-state index is 0.0658. The largest absolute Gasteiger partial charge is 0.310 e. The van der Waals surface area contributed by atoms with Crippen LogP contribution < -0.4 is 5.56 Å². The first kappa shape index (κ1) is 13.4. The van der Waals surface area contributed by atoms with E-state index >= 15 is 0 Å². The van der Waals surface area contributed by atoms with Crippen molar-refractivity contribution in [3.05, 3.63) is 62.8 Å². The molecule has 20 heavy (non-hydrogen) atoms. The van der Waals surface area contributed by atoms with Crippen LogP contribution in [0.4, 0.5) is 0 Å². The Balaban J connectivity index is 1.90. The highest BCUT2D eigenvalue weighted by Crippen LogP contribution is 2.32. The number of aromatic amines is 1. The van der Waals surface area contributed by atoms with E-state index in [-0.39, 0.29) is 5.56 Å². The number of hydrogen-bond donors (Lipinski definition) is 1. The summed E-state index contributed by atoms with van der Waals surface area (Å²) in [5.41, 5.74) is 1.86.